The van der Waals surface area contributed by atoms with E-state index in [9.17, 15) is 4.39 Å². The molecule has 2 rings (SSSR count). The molecule has 1 atom stereocenters. The zero-order chi connectivity index (χ0) is 10.7. The summed E-state index contributed by atoms with van der Waals surface area (Å²) in [5.41, 5.74) is 0.886. The fraction of sp³-hybridized carbons (Fsp3) is 0.300. The number of aliphatic imine (C=N–C) groups is 1. The van der Waals surface area contributed by atoms with Crippen molar-refractivity contribution in [3.63, 3.8) is 0 Å². The largest absolute Gasteiger partial charge is 0.335 e. The maximum absolute atomic E-state index is 12.7. The normalized spacial score (nSPS) is 20.1. The Morgan fingerprint density at radius 2 is 2.20 bits per heavy atom. The van der Waals surface area contributed by atoms with E-state index in [2.05, 4.69) is 32.9 Å². The van der Waals surface area contributed by atoms with E-state index < -0.39 is 0 Å². The third-order valence-corrected chi connectivity index (χ3v) is 4.75. The molecule has 0 fully saturated rings. The lowest BCUT2D eigenvalue weighted by Gasteiger charge is -2.06. The highest BCUT2D eigenvalue weighted by atomic mass is 127. The Morgan fingerprint density at radius 3 is 2.80 bits per heavy atom. The van der Waals surface area contributed by atoms with Gasteiger partial charge in [-0.1, -0.05) is 34.4 Å². The molecule has 1 unspecified atom stereocenters. The predicted octanol–water partition coefficient (Wildman–Crippen LogP) is 3.14. The van der Waals surface area contributed by atoms with Gasteiger partial charge in [0.1, 0.15) is 5.82 Å². The number of hydrogen-bond acceptors (Lipinski definition) is 3. The van der Waals surface area contributed by atoms with Crippen LogP contribution in [0.5, 0.6) is 0 Å². The number of nitrogens with zero attached hydrogens (tertiary/aromatic N) is 1. The van der Waals surface area contributed by atoms with Gasteiger partial charge in [0.15, 0.2) is 5.17 Å². The molecule has 5 heteroatoms. The minimum Gasteiger partial charge on any atom is -0.335 e. The molecule has 15 heavy (non-hydrogen) atoms. The number of thioether (sulfide) groups is 1. The average Bonchev–Trinajstić information content (AvgIpc) is 2.69. The monoisotopic (exact) mass is 336 g/mol. The van der Waals surface area contributed by atoms with Gasteiger partial charge in [-0.2, -0.15) is 0 Å². The molecular weight excluding hydrogens is 326 g/mol. The summed E-state index contributed by atoms with van der Waals surface area (Å²) in [6.07, 6.45) is 0. The van der Waals surface area contributed by atoms with Gasteiger partial charge in [-0.3, -0.25) is 4.99 Å². The molecule has 1 aromatic rings. The van der Waals surface area contributed by atoms with Crippen LogP contribution in [0.25, 0.3) is 0 Å². The Morgan fingerprint density at radius 1 is 1.47 bits per heavy atom. The number of alkyl halides is 1. The first-order chi connectivity index (χ1) is 7.28. The van der Waals surface area contributed by atoms with Gasteiger partial charge < -0.3 is 5.32 Å². The molecule has 80 valence electrons. The van der Waals surface area contributed by atoms with E-state index in [1.165, 1.54) is 12.1 Å². The molecule has 0 saturated carbocycles. The van der Waals surface area contributed by atoms with Crippen molar-refractivity contribution in [1.29, 1.82) is 0 Å². The van der Waals surface area contributed by atoms with Gasteiger partial charge in [-0.25, -0.2) is 4.39 Å². The number of halogens is 2. The van der Waals surface area contributed by atoms with E-state index >= 15 is 0 Å². The average molecular weight is 336 g/mol. The lowest BCUT2D eigenvalue weighted by molar-refractivity contribution is 0.628. The number of anilines is 1. The summed E-state index contributed by atoms with van der Waals surface area (Å²) in [6, 6.07) is 6.32. The maximum atomic E-state index is 12.7. The highest BCUT2D eigenvalue weighted by Crippen LogP contribution is 2.24. The smallest absolute Gasteiger partial charge is 0.161 e. The third kappa shape index (κ3) is 3.07. The van der Waals surface area contributed by atoms with Gasteiger partial charge >= 0.3 is 0 Å². The molecule has 0 aliphatic carbocycles. The van der Waals surface area contributed by atoms with Gasteiger partial charge in [0, 0.05) is 15.4 Å². The molecule has 1 aromatic carbocycles. The van der Waals surface area contributed by atoms with Gasteiger partial charge in [-0.15, -0.1) is 0 Å². The first kappa shape index (κ1) is 11.2. The molecule has 0 aromatic heterocycles. The van der Waals surface area contributed by atoms with Crippen molar-refractivity contribution in [2.75, 3.05) is 16.3 Å². The molecule has 0 bridgehead atoms. The fourth-order valence-corrected chi connectivity index (χ4v) is 2.89. The van der Waals surface area contributed by atoms with Crippen molar-refractivity contribution < 1.29 is 4.39 Å². The summed E-state index contributed by atoms with van der Waals surface area (Å²) < 4.78 is 13.8. The van der Waals surface area contributed by atoms with Crippen LogP contribution < -0.4 is 5.32 Å². The highest BCUT2D eigenvalue weighted by Gasteiger charge is 2.18. The van der Waals surface area contributed by atoms with Gasteiger partial charge in [0.05, 0.1) is 6.54 Å². The van der Waals surface area contributed by atoms with Crippen molar-refractivity contribution in [1.82, 2.24) is 0 Å². The second kappa shape index (κ2) is 5.16. The topological polar surface area (TPSA) is 24.4 Å². The summed E-state index contributed by atoms with van der Waals surface area (Å²) in [6.45, 7) is 0.872. The Balaban J connectivity index is 1.95. The van der Waals surface area contributed by atoms with Gasteiger partial charge in [0.2, 0.25) is 0 Å². The van der Waals surface area contributed by atoms with Crippen molar-refractivity contribution in [2.24, 2.45) is 4.99 Å². The first-order valence-corrected chi connectivity index (χ1v) is 6.98. The Bertz CT molecular complexity index is 366. The van der Waals surface area contributed by atoms with Crippen LogP contribution in [-0.2, 0) is 0 Å². The fourth-order valence-electron chi connectivity index (χ4n) is 1.22. The standard InChI is InChI=1S/C10H10FIN2S/c11-7-1-3-8(4-2-7)14-10-13-6-9(5-12)15-10/h1-4,9H,5-6H2,(H,13,14). The minimum absolute atomic E-state index is 0.216. The lowest BCUT2D eigenvalue weighted by Crippen LogP contribution is -2.08. The zero-order valence-corrected chi connectivity index (χ0v) is 10.9. The Labute approximate surface area is 106 Å². The van der Waals surface area contributed by atoms with Crippen LogP contribution in [0.2, 0.25) is 0 Å². The summed E-state index contributed by atoms with van der Waals surface area (Å²) in [7, 11) is 0. The van der Waals surface area contributed by atoms with Crippen molar-refractivity contribution in [3.05, 3.63) is 30.1 Å². The van der Waals surface area contributed by atoms with Crippen LogP contribution in [-0.4, -0.2) is 21.4 Å². The summed E-state index contributed by atoms with van der Waals surface area (Å²) >= 11 is 4.11. The van der Waals surface area contributed by atoms with Crippen LogP contribution >= 0.6 is 34.4 Å². The first-order valence-electron chi connectivity index (χ1n) is 4.57. The molecule has 1 N–H and O–H groups in total. The number of amidine groups is 1. The van der Waals surface area contributed by atoms with Gasteiger partial charge in [0.25, 0.3) is 0 Å². The summed E-state index contributed by atoms with van der Waals surface area (Å²) in [5.74, 6) is -0.216. The highest BCUT2D eigenvalue weighted by molar-refractivity contribution is 14.1. The molecule has 0 radical (unpaired) electrons. The number of benzene rings is 1. The van der Waals surface area contributed by atoms with Crippen LogP contribution in [0.15, 0.2) is 29.3 Å². The van der Waals surface area contributed by atoms with Crippen molar-refractivity contribution in [3.8, 4) is 0 Å². The molecular formula is C10H10FIN2S. The molecule has 0 amide bonds. The molecule has 0 saturated heterocycles. The molecule has 2 nitrogen and oxygen atoms in total. The van der Waals surface area contributed by atoms with Crippen molar-refractivity contribution in [2.45, 2.75) is 5.25 Å². The second-order valence-electron chi connectivity index (χ2n) is 3.17. The molecule has 1 aliphatic rings. The Hall–Kier alpha value is -0.300. The Kier molecular flexibility index (Phi) is 3.85. The molecule has 1 aliphatic heterocycles. The van der Waals surface area contributed by atoms with E-state index in [1.54, 1.807) is 23.9 Å². The van der Waals surface area contributed by atoms with E-state index in [0.717, 1.165) is 21.8 Å². The third-order valence-electron chi connectivity index (χ3n) is 1.98. The van der Waals surface area contributed by atoms with E-state index in [-0.39, 0.29) is 5.82 Å². The minimum atomic E-state index is -0.216. The lowest BCUT2D eigenvalue weighted by atomic mass is 10.3. The number of nitrogens with one attached hydrogen (secondary N) is 1. The zero-order valence-electron chi connectivity index (χ0n) is 7.91. The maximum Gasteiger partial charge on any atom is 0.161 e. The second-order valence-corrected chi connectivity index (χ2v) is 5.34. The van der Waals surface area contributed by atoms with E-state index in [4.69, 9.17) is 0 Å². The van der Waals surface area contributed by atoms with Crippen LogP contribution in [0.1, 0.15) is 0 Å². The van der Waals surface area contributed by atoms with Gasteiger partial charge in [-0.05, 0) is 24.3 Å². The van der Waals surface area contributed by atoms with Crippen LogP contribution in [0.3, 0.4) is 0 Å². The van der Waals surface area contributed by atoms with E-state index in [0.29, 0.717) is 5.25 Å². The predicted molar refractivity (Wildman–Crippen MR) is 72.6 cm³/mol. The van der Waals surface area contributed by atoms with Crippen LogP contribution in [0, 0.1) is 5.82 Å². The number of hydrogen-bond donors (Lipinski definition) is 1. The van der Waals surface area contributed by atoms with E-state index in [1.807, 2.05) is 0 Å². The quantitative estimate of drug-likeness (QED) is 0.663. The van der Waals surface area contributed by atoms with Crippen molar-refractivity contribution >= 4 is 45.2 Å². The SMILES string of the molecule is Fc1ccc(NC2=NCC(CI)S2)cc1. The van der Waals surface area contributed by atoms with Crippen LogP contribution in [0.4, 0.5) is 10.1 Å². The molecule has 0 spiro atoms. The summed E-state index contributed by atoms with van der Waals surface area (Å²) in [5, 5.41) is 4.69. The molecule has 1 heterocycles. The number of rotatable bonds is 2. The summed E-state index contributed by atoms with van der Waals surface area (Å²) in [4.78, 5) is 4.38.